The van der Waals surface area contributed by atoms with Gasteiger partial charge in [0.25, 0.3) is 0 Å². The van der Waals surface area contributed by atoms with E-state index in [1.54, 1.807) is 4.90 Å². The van der Waals surface area contributed by atoms with E-state index in [1.807, 2.05) is 0 Å². The van der Waals surface area contributed by atoms with Gasteiger partial charge in [0, 0.05) is 13.1 Å². The summed E-state index contributed by atoms with van der Waals surface area (Å²) in [4.78, 5) is 23.8. The van der Waals surface area contributed by atoms with E-state index in [2.05, 4.69) is 12.2 Å². The van der Waals surface area contributed by atoms with Crippen LogP contribution in [0.2, 0.25) is 0 Å². The van der Waals surface area contributed by atoms with Crippen LogP contribution in [0.5, 0.6) is 0 Å². The van der Waals surface area contributed by atoms with Gasteiger partial charge in [-0.15, -0.1) is 0 Å². The van der Waals surface area contributed by atoms with Crippen molar-refractivity contribution in [1.82, 2.24) is 10.2 Å². The highest BCUT2D eigenvalue weighted by Gasteiger charge is 2.21. The van der Waals surface area contributed by atoms with Crippen molar-refractivity contribution in [2.24, 2.45) is 11.7 Å². The first-order valence-electron chi connectivity index (χ1n) is 5.51. The molecule has 0 saturated carbocycles. The van der Waals surface area contributed by atoms with E-state index in [1.165, 1.54) is 0 Å². The third-order valence-corrected chi connectivity index (χ3v) is 2.85. The molecule has 1 rings (SSSR count). The van der Waals surface area contributed by atoms with E-state index in [0.29, 0.717) is 5.92 Å². The Morgan fingerprint density at radius 3 is 2.56 bits per heavy atom. The minimum atomic E-state index is -1.31. The van der Waals surface area contributed by atoms with Crippen molar-refractivity contribution < 1.29 is 14.7 Å². The van der Waals surface area contributed by atoms with Crippen molar-refractivity contribution in [2.45, 2.75) is 25.9 Å². The summed E-state index contributed by atoms with van der Waals surface area (Å²) >= 11 is 0. The van der Waals surface area contributed by atoms with Crippen LogP contribution in [0.25, 0.3) is 0 Å². The molecule has 1 aliphatic rings. The Labute approximate surface area is 94.8 Å². The maximum atomic E-state index is 11.6. The van der Waals surface area contributed by atoms with Gasteiger partial charge in [0.05, 0.1) is 6.54 Å². The largest absolute Gasteiger partial charge is 0.381 e. The molecule has 1 unspecified atom stereocenters. The number of nitrogens with two attached hydrogens (primary N) is 1. The monoisotopic (exact) mass is 229 g/mol. The molecule has 0 bridgehead atoms. The molecule has 16 heavy (non-hydrogen) atoms. The van der Waals surface area contributed by atoms with Gasteiger partial charge in [-0.3, -0.25) is 4.79 Å². The van der Waals surface area contributed by atoms with Crippen LogP contribution in [0.3, 0.4) is 0 Å². The SMILES string of the molecule is CC1CCN(C(=O)NCC(O)C(N)=O)CC1. The van der Waals surface area contributed by atoms with Crippen LogP contribution in [0, 0.1) is 5.92 Å². The van der Waals surface area contributed by atoms with Crippen molar-refractivity contribution in [3.8, 4) is 0 Å². The van der Waals surface area contributed by atoms with E-state index < -0.39 is 12.0 Å². The van der Waals surface area contributed by atoms with Gasteiger partial charge in [-0.1, -0.05) is 6.92 Å². The fourth-order valence-corrected chi connectivity index (χ4v) is 1.61. The summed E-state index contributed by atoms with van der Waals surface area (Å²) in [5, 5.41) is 11.6. The number of hydrogen-bond acceptors (Lipinski definition) is 3. The summed E-state index contributed by atoms with van der Waals surface area (Å²) in [6.45, 7) is 3.48. The highest BCUT2D eigenvalue weighted by molar-refractivity contribution is 5.80. The van der Waals surface area contributed by atoms with E-state index in [9.17, 15) is 9.59 Å². The van der Waals surface area contributed by atoms with E-state index in [0.717, 1.165) is 25.9 Å². The molecule has 3 amide bonds. The second-order valence-corrected chi connectivity index (χ2v) is 4.27. The number of nitrogens with zero attached hydrogens (tertiary/aromatic N) is 1. The number of piperidine rings is 1. The lowest BCUT2D eigenvalue weighted by atomic mass is 10.00. The van der Waals surface area contributed by atoms with E-state index >= 15 is 0 Å². The molecule has 0 aromatic carbocycles. The van der Waals surface area contributed by atoms with Crippen LogP contribution in [-0.4, -0.2) is 47.7 Å². The van der Waals surface area contributed by atoms with Gasteiger partial charge in [-0.05, 0) is 18.8 Å². The minimum Gasteiger partial charge on any atom is -0.381 e. The van der Waals surface area contributed by atoms with Gasteiger partial charge >= 0.3 is 6.03 Å². The Hall–Kier alpha value is -1.30. The molecular weight excluding hydrogens is 210 g/mol. The molecule has 1 saturated heterocycles. The molecule has 1 atom stereocenters. The van der Waals surface area contributed by atoms with Crippen LogP contribution >= 0.6 is 0 Å². The second kappa shape index (κ2) is 5.69. The van der Waals surface area contributed by atoms with Crippen LogP contribution in [0.1, 0.15) is 19.8 Å². The summed E-state index contributed by atoms with van der Waals surface area (Å²) in [5.74, 6) is -0.173. The molecule has 4 N–H and O–H groups in total. The van der Waals surface area contributed by atoms with Gasteiger partial charge in [0.15, 0.2) is 0 Å². The van der Waals surface area contributed by atoms with Crippen molar-refractivity contribution in [3.63, 3.8) is 0 Å². The highest BCUT2D eigenvalue weighted by atomic mass is 16.3. The molecule has 0 radical (unpaired) electrons. The number of carbonyl (C=O) groups is 2. The van der Waals surface area contributed by atoms with Crippen LogP contribution in [-0.2, 0) is 4.79 Å². The maximum absolute atomic E-state index is 11.6. The van der Waals surface area contributed by atoms with Crippen LogP contribution in [0.15, 0.2) is 0 Å². The van der Waals surface area contributed by atoms with Crippen LogP contribution < -0.4 is 11.1 Å². The van der Waals surface area contributed by atoms with Gasteiger partial charge < -0.3 is 21.1 Å². The summed E-state index contributed by atoms with van der Waals surface area (Å²) in [6.07, 6.45) is 0.671. The Morgan fingerprint density at radius 1 is 1.50 bits per heavy atom. The Kier molecular flexibility index (Phi) is 4.54. The predicted molar refractivity (Wildman–Crippen MR) is 58.6 cm³/mol. The standard InChI is InChI=1S/C10H19N3O3/c1-7-2-4-13(5-3-7)10(16)12-6-8(14)9(11)15/h7-8,14H,2-6H2,1H3,(H2,11,15)(H,12,16). The lowest BCUT2D eigenvalue weighted by molar-refractivity contribution is -0.125. The molecule has 0 aromatic rings. The molecule has 1 aliphatic heterocycles. The lowest BCUT2D eigenvalue weighted by Crippen LogP contribution is -2.48. The fourth-order valence-electron chi connectivity index (χ4n) is 1.61. The number of urea groups is 1. The number of primary amides is 1. The number of amides is 3. The quantitative estimate of drug-likeness (QED) is 0.595. The number of rotatable bonds is 3. The molecule has 6 heteroatoms. The zero-order valence-electron chi connectivity index (χ0n) is 9.48. The van der Waals surface area contributed by atoms with Gasteiger partial charge in [-0.25, -0.2) is 4.79 Å². The second-order valence-electron chi connectivity index (χ2n) is 4.27. The van der Waals surface area contributed by atoms with Gasteiger partial charge in [0.2, 0.25) is 5.91 Å². The Bertz CT molecular complexity index is 262. The topological polar surface area (TPSA) is 95.7 Å². The molecule has 0 spiro atoms. The smallest absolute Gasteiger partial charge is 0.317 e. The molecule has 1 heterocycles. The first kappa shape index (κ1) is 12.8. The first-order chi connectivity index (χ1) is 7.50. The number of aliphatic hydroxyl groups is 1. The van der Waals surface area contributed by atoms with Crippen molar-refractivity contribution in [1.29, 1.82) is 0 Å². The summed E-state index contributed by atoms with van der Waals surface area (Å²) in [5.41, 5.74) is 4.87. The Balaban J connectivity index is 2.27. The number of carbonyl (C=O) groups excluding carboxylic acids is 2. The third kappa shape index (κ3) is 3.69. The summed E-state index contributed by atoms with van der Waals surface area (Å²) < 4.78 is 0. The van der Waals surface area contributed by atoms with Crippen molar-refractivity contribution in [3.05, 3.63) is 0 Å². The molecule has 1 fully saturated rings. The van der Waals surface area contributed by atoms with Crippen molar-refractivity contribution >= 4 is 11.9 Å². The molecular formula is C10H19N3O3. The highest BCUT2D eigenvalue weighted by Crippen LogP contribution is 2.15. The minimum absolute atomic E-state index is 0.125. The third-order valence-electron chi connectivity index (χ3n) is 2.85. The molecule has 0 aromatic heterocycles. The first-order valence-corrected chi connectivity index (χ1v) is 5.51. The van der Waals surface area contributed by atoms with E-state index in [4.69, 9.17) is 10.8 Å². The molecule has 92 valence electrons. The van der Waals surface area contributed by atoms with E-state index in [-0.39, 0.29) is 12.6 Å². The predicted octanol–water partition coefficient (Wildman–Crippen LogP) is -0.726. The lowest BCUT2D eigenvalue weighted by Gasteiger charge is -2.30. The zero-order chi connectivity index (χ0) is 12.1. The van der Waals surface area contributed by atoms with Gasteiger partial charge in [0.1, 0.15) is 6.10 Å². The number of likely N-dealkylation sites (tertiary alicyclic amines) is 1. The zero-order valence-corrected chi connectivity index (χ0v) is 9.48. The average molecular weight is 229 g/mol. The van der Waals surface area contributed by atoms with Gasteiger partial charge in [-0.2, -0.15) is 0 Å². The Morgan fingerprint density at radius 2 is 2.06 bits per heavy atom. The number of hydrogen-bond donors (Lipinski definition) is 3. The summed E-state index contributed by atoms with van der Waals surface area (Å²) in [7, 11) is 0. The van der Waals surface area contributed by atoms with Crippen molar-refractivity contribution in [2.75, 3.05) is 19.6 Å². The average Bonchev–Trinajstić information content (AvgIpc) is 2.26. The fraction of sp³-hybridized carbons (Fsp3) is 0.800. The summed E-state index contributed by atoms with van der Waals surface area (Å²) in [6, 6.07) is -0.243. The van der Waals surface area contributed by atoms with Crippen LogP contribution in [0.4, 0.5) is 4.79 Å². The normalized spacial score (nSPS) is 19.2. The maximum Gasteiger partial charge on any atom is 0.317 e. The molecule has 6 nitrogen and oxygen atoms in total. The molecule has 0 aliphatic carbocycles. The number of aliphatic hydroxyl groups excluding tert-OH is 1. The number of nitrogens with one attached hydrogen (secondary N) is 1.